The van der Waals surface area contributed by atoms with Gasteiger partial charge in [0.15, 0.2) is 6.10 Å². The van der Waals surface area contributed by atoms with Crippen molar-refractivity contribution >= 4 is 17.9 Å². The lowest BCUT2D eigenvalue weighted by Gasteiger charge is -2.18. The van der Waals surface area contributed by atoms with E-state index in [-0.39, 0.29) is 31.1 Å². The Balaban J connectivity index is 4.37. The molecule has 0 aromatic heterocycles. The zero-order valence-electron chi connectivity index (χ0n) is 47.9. The van der Waals surface area contributed by atoms with Gasteiger partial charge in [-0.15, -0.1) is 0 Å². The van der Waals surface area contributed by atoms with Crippen LogP contribution < -0.4 is 0 Å². The highest BCUT2D eigenvalue weighted by Gasteiger charge is 2.19. The highest BCUT2D eigenvalue weighted by molar-refractivity contribution is 5.71. The van der Waals surface area contributed by atoms with Crippen molar-refractivity contribution in [2.75, 3.05) is 13.2 Å². The molecule has 0 aliphatic carbocycles. The summed E-state index contributed by atoms with van der Waals surface area (Å²) in [7, 11) is 0. The number of allylic oxidation sites excluding steroid dienone is 16. The molecule has 0 bridgehead atoms. The molecular formula is C67H114O6. The predicted octanol–water partition coefficient (Wildman–Crippen LogP) is 20.9. The van der Waals surface area contributed by atoms with E-state index in [1.165, 1.54) is 135 Å². The standard InChI is InChI=1S/C67H114O6/c1-4-7-10-13-16-19-22-24-26-28-30-32-33-35-36-38-40-42-45-48-51-54-57-60-66(69)72-63-64(62-71-65(68)59-56-53-50-47-44-21-18-15-12-9-6-3)73-67(70)61-58-55-52-49-46-43-41-39-37-34-31-29-27-25-23-20-17-14-11-8-5-2/h7,10,15-16,18-19,24,26,29-32,35-36,40,42,64H,4-6,8-9,11-14,17,20-23,25,27-28,33-34,37-39,41,43-63H2,1-3H3/b10-7-,18-15-,19-16-,26-24-,31-29-,32-30-,36-35-,42-40-. The fourth-order valence-corrected chi connectivity index (χ4v) is 8.42. The van der Waals surface area contributed by atoms with E-state index in [4.69, 9.17) is 14.2 Å². The Bertz CT molecular complexity index is 1440. The van der Waals surface area contributed by atoms with Gasteiger partial charge < -0.3 is 14.2 Å². The molecular weight excluding hydrogens is 901 g/mol. The summed E-state index contributed by atoms with van der Waals surface area (Å²) in [6, 6.07) is 0. The van der Waals surface area contributed by atoms with Crippen molar-refractivity contribution in [3.05, 3.63) is 97.2 Å². The summed E-state index contributed by atoms with van der Waals surface area (Å²) in [6.45, 7) is 6.47. The van der Waals surface area contributed by atoms with E-state index in [1.54, 1.807) is 0 Å². The van der Waals surface area contributed by atoms with E-state index in [0.717, 1.165) is 116 Å². The monoisotopic (exact) mass is 1010 g/mol. The van der Waals surface area contributed by atoms with Gasteiger partial charge in [0.05, 0.1) is 0 Å². The molecule has 0 saturated heterocycles. The molecule has 0 fully saturated rings. The molecule has 6 nitrogen and oxygen atoms in total. The number of esters is 3. The van der Waals surface area contributed by atoms with Crippen LogP contribution in [0.25, 0.3) is 0 Å². The number of hydrogen-bond acceptors (Lipinski definition) is 6. The van der Waals surface area contributed by atoms with Gasteiger partial charge in [0.2, 0.25) is 0 Å². The largest absolute Gasteiger partial charge is 0.462 e. The zero-order valence-corrected chi connectivity index (χ0v) is 47.9. The molecule has 0 aromatic carbocycles. The lowest BCUT2D eigenvalue weighted by Crippen LogP contribution is -2.30. The zero-order chi connectivity index (χ0) is 52.9. The Kier molecular flexibility index (Phi) is 57.8. The molecule has 0 radical (unpaired) electrons. The van der Waals surface area contributed by atoms with E-state index >= 15 is 0 Å². The van der Waals surface area contributed by atoms with Crippen molar-refractivity contribution in [1.29, 1.82) is 0 Å². The minimum atomic E-state index is -0.794. The lowest BCUT2D eigenvalue weighted by molar-refractivity contribution is -0.167. The number of unbranched alkanes of at least 4 members (excludes halogenated alkanes) is 28. The summed E-state index contributed by atoms with van der Waals surface area (Å²) < 4.78 is 16.9. The van der Waals surface area contributed by atoms with Crippen molar-refractivity contribution in [3.8, 4) is 0 Å². The van der Waals surface area contributed by atoms with Gasteiger partial charge in [-0.2, -0.15) is 0 Å². The fraction of sp³-hybridized carbons (Fsp3) is 0.716. The highest BCUT2D eigenvalue weighted by Crippen LogP contribution is 2.15. The third kappa shape index (κ3) is 59.1. The van der Waals surface area contributed by atoms with E-state index in [2.05, 4.69) is 118 Å². The van der Waals surface area contributed by atoms with Crippen molar-refractivity contribution in [3.63, 3.8) is 0 Å². The second-order valence-corrected chi connectivity index (χ2v) is 20.2. The van der Waals surface area contributed by atoms with Gasteiger partial charge >= 0.3 is 17.9 Å². The number of hydrogen-bond donors (Lipinski definition) is 0. The average Bonchev–Trinajstić information content (AvgIpc) is 3.39. The number of rotatable bonds is 55. The molecule has 0 spiro atoms. The first kappa shape index (κ1) is 69.3. The van der Waals surface area contributed by atoms with Crippen LogP contribution in [0.3, 0.4) is 0 Å². The Morgan fingerprint density at radius 1 is 0.288 bits per heavy atom. The van der Waals surface area contributed by atoms with Gasteiger partial charge in [-0.25, -0.2) is 0 Å². The molecule has 0 aliphatic heterocycles. The molecule has 1 unspecified atom stereocenters. The van der Waals surface area contributed by atoms with Crippen LogP contribution in [0.15, 0.2) is 97.2 Å². The van der Waals surface area contributed by atoms with Gasteiger partial charge in [-0.05, 0) is 116 Å². The molecule has 73 heavy (non-hydrogen) atoms. The van der Waals surface area contributed by atoms with Gasteiger partial charge in [0.25, 0.3) is 0 Å². The summed E-state index contributed by atoms with van der Waals surface area (Å²) in [6.07, 6.45) is 81.2. The van der Waals surface area contributed by atoms with Crippen molar-refractivity contribution in [2.45, 2.75) is 297 Å². The van der Waals surface area contributed by atoms with E-state index < -0.39 is 6.10 Å². The molecule has 0 rings (SSSR count). The Morgan fingerprint density at radius 2 is 0.548 bits per heavy atom. The smallest absolute Gasteiger partial charge is 0.306 e. The SMILES string of the molecule is CC/C=C\C/C=C\C/C=C\C/C=C\C/C=C\C/C=C\CCCCCCC(=O)OCC(COC(=O)CCCCCCC/C=C\CCCC)OC(=O)CCCCCCCCCCC/C=C\CCCCCCCCCC. The maximum atomic E-state index is 12.9. The van der Waals surface area contributed by atoms with E-state index in [9.17, 15) is 14.4 Å². The quantitative estimate of drug-likeness (QED) is 0.0261. The fourth-order valence-electron chi connectivity index (χ4n) is 8.42. The first-order chi connectivity index (χ1) is 36.0. The second-order valence-electron chi connectivity index (χ2n) is 20.2. The summed E-state index contributed by atoms with van der Waals surface area (Å²) in [5.74, 6) is -0.922. The average molecular weight is 1020 g/mol. The van der Waals surface area contributed by atoms with Crippen LogP contribution in [-0.2, 0) is 28.6 Å². The first-order valence-electron chi connectivity index (χ1n) is 30.7. The lowest BCUT2D eigenvalue weighted by atomic mass is 10.1. The van der Waals surface area contributed by atoms with E-state index in [0.29, 0.717) is 19.3 Å². The Labute approximate surface area is 451 Å². The third-order valence-corrected chi connectivity index (χ3v) is 13.0. The molecule has 0 heterocycles. The summed E-state index contributed by atoms with van der Waals surface area (Å²) in [4.78, 5) is 38.2. The third-order valence-electron chi connectivity index (χ3n) is 13.0. The summed E-state index contributed by atoms with van der Waals surface area (Å²) in [5.41, 5.74) is 0. The van der Waals surface area contributed by atoms with E-state index in [1.807, 2.05) is 0 Å². The normalized spacial score (nSPS) is 12.8. The van der Waals surface area contributed by atoms with Gasteiger partial charge in [0, 0.05) is 19.3 Å². The molecule has 0 aromatic rings. The van der Waals surface area contributed by atoms with Gasteiger partial charge in [-0.1, -0.05) is 253 Å². The molecule has 1 atom stereocenters. The summed E-state index contributed by atoms with van der Waals surface area (Å²) in [5, 5.41) is 0. The van der Waals surface area contributed by atoms with Crippen molar-refractivity contribution in [1.82, 2.24) is 0 Å². The Hall–Kier alpha value is -3.67. The molecule has 0 aliphatic rings. The molecule has 0 saturated carbocycles. The predicted molar refractivity (Wildman–Crippen MR) is 316 cm³/mol. The van der Waals surface area contributed by atoms with Gasteiger partial charge in [0.1, 0.15) is 13.2 Å². The van der Waals surface area contributed by atoms with Gasteiger partial charge in [-0.3, -0.25) is 14.4 Å². The van der Waals surface area contributed by atoms with Crippen LogP contribution in [0.5, 0.6) is 0 Å². The maximum Gasteiger partial charge on any atom is 0.306 e. The number of carbonyl (C=O) groups excluding carboxylic acids is 3. The van der Waals surface area contributed by atoms with Crippen molar-refractivity contribution < 1.29 is 28.6 Å². The topological polar surface area (TPSA) is 78.9 Å². The highest BCUT2D eigenvalue weighted by atomic mass is 16.6. The maximum absolute atomic E-state index is 12.9. The van der Waals surface area contributed by atoms with Crippen LogP contribution in [0.1, 0.15) is 290 Å². The van der Waals surface area contributed by atoms with Crippen LogP contribution in [0.4, 0.5) is 0 Å². The Morgan fingerprint density at radius 3 is 0.890 bits per heavy atom. The minimum absolute atomic E-state index is 0.0909. The molecule has 0 N–H and O–H groups in total. The number of ether oxygens (including phenoxy) is 3. The van der Waals surface area contributed by atoms with Crippen LogP contribution >= 0.6 is 0 Å². The second kappa shape index (κ2) is 60.9. The van der Waals surface area contributed by atoms with Crippen LogP contribution in [0.2, 0.25) is 0 Å². The number of carbonyl (C=O) groups is 3. The molecule has 418 valence electrons. The molecule has 6 heteroatoms. The first-order valence-corrected chi connectivity index (χ1v) is 30.7. The molecule has 0 amide bonds. The summed E-state index contributed by atoms with van der Waals surface area (Å²) >= 11 is 0. The van der Waals surface area contributed by atoms with Crippen LogP contribution in [0, 0.1) is 0 Å². The van der Waals surface area contributed by atoms with Crippen molar-refractivity contribution in [2.24, 2.45) is 0 Å². The minimum Gasteiger partial charge on any atom is -0.462 e. The van der Waals surface area contributed by atoms with Crippen LogP contribution in [-0.4, -0.2) is 37.2 Å².